The Labute approximate surface area is 117 Å². The van der Waals surface area contributed by atoms with Gasteiger partial charge in [0.25, 0.3) is 5.91 Å². The van der Waals surface area contributed by atoms with Crippen LogP contribution in [0.1, 0.15) is 11.6 Å². The number of rotatable bonds is 4. The summed E-state index contributed by atoms with van der Waals surface area (Å²) in [4.78, 5) is 12.3. The molecule has 0 unspecified atom stereocenters. The van der Waals surface area contributed by atoms with E-state index in [0.717, 1.165) is 16.7 Å². The van der Waals surface area contributed by atoms with E-state index < -0.39 is 0 Å². The van der Waals surface area contributed by atoms with Gasteiger partial charge in [0.1, 0.15) is 0 Å². The second-order valence-corrected chi connectivity index (χ2v) is 4.76. The second kappa shape index (κ2) is 5.31. The number of nitrogens with one attached hydrogen (secondary N) is 1. The molecule has 2 aliphatic rings. The molecule has 3 rings (SSSR count). The van der Waals surface area contributed by atoms with Crippen LogP contribution in [0.5, 0.6) is 0 Å². The third-order valence-electron chi connectivity index (χ3n) is 3.50. The maximum absolute atomic E-state index is 12.3. The molecule has 3 heteroatoms. The molecule has 1 atom stereocenters. The van der Waals surface area contributed by atoms with Gasteiger partial charge in [-0.15, -0.1) is 0 Å². The largest absolute Gasteiger partial charge is 0.394 e. The summed E-state index contributed by atoms with van der Waals surface area (Å²) in [5.41, 5.74) is 3.57. The molecule has 1 aromatic rings. The van der Waals surface area contributed by atoms with E-state index in [2.05, 4.69) is 5.32 Å². The molecule has 0 saturated heterocycles. The Bertz CT molecular complexity index is 651. The minimum atomic E-state index is -0.386. The van der Waals surface area contributed by atoms with Gasteiger partial charge in [-0.1, -0.05) is 54.6 Å². The van der Waals surface area contributed by atoms with Crippen LogP contribution < -0.4 is 5.32 Å². The molecule has 0 saturated carbocycles. The molecular formula is C17H15NO2. The number of hydrogen-bond acceptors (Lipinski definition) is 2. The molecule has 3 nitrogen and oxygen atoms in total. The molecule has 100 valence electrons. The lowest BCUT2D eigenvalue weighted by atomic mass is 10.0. The van der Waals surface area contributed by atoms with Gasteiger partial charge in [0.05, 0.1) is 12.6 Å². The number of carbonyl (C=O) groups excluding carboxylic acids is 1. The van der Waals surface area contributed by atoms with E-state index in [0.29, 0.717) is 5.57 Å². The maximum atomic E-state index is 12.3. The van der Waals surface area contributed by atoms with Crippen molar-refractivity contribution in [3.8, 4) is 0 Å². The third kappa shape index (κ3) is 2.24. The first-order valence-electron chi connectivity index (χ1n) is 6.57. The van der Waals surface area contributed by atoms with E-state index in [9.17, 15) is 9.90 Å². The average molecular weight is 265 g/mol. The molecule has 0 spiro atoms. The van der Waals surface area contributed by atoms with Gasteiger partial charge >= 0.3 is 0 Å². The number of benzene rings is 1. The predicted molar refractivity (Wildman–Crippen MR) is 77.8 cm³/mol. The molecule has 0 radical (unpaired) electrons. The fourth-order valence-electron chi connectivity index (χ4n) is 2.44. The zero-order valence-electron chi connectivity index (χ0n) is 10.9. The lowest BCUT2D eigenvalue weighted by Crippen LogP contribution is -2.32. The number of amides is 1. The van der Waals surface area contributed by atoms with Crippen LogP contribution in [0.4, 0.5) is 0 Å². The van der Waals surface area contributed by atoms with E-state index in [1.54, 1.807) is 0 Å². The van der Waals surface area contributed by atoms with Crippen molar-refractivity contribution in [2.45, 2.75) is 6.04 Å². The smallest absolute Gasteiger partial charge is 0.252 e. The van der Waals surface area contributed by atoms with Crippen molar-refractivity contribution in [2.75, 3.05) is 6.61 Å². The lowest BCUT2D eigenvalue weighted by molar-refractivity contribution is -0.118. The highest BCUT2D eigenvalue weighted by Gasteiger charge is 2.24. The van der Waals surface area contributed by atoms with Crippen molar-refractivity contribution in [2.24, 2.45) is 0 Å². The van der Waals surface area contributed by atoms with E-state index in [4.69, 9.17) is 0 Å². The summed E-state index contributed by atoms with van der Waals surface area (Å²) in [7, 11) is 0. The molecule has 1 aromatic carbocycles. The van der Waals surface area contributed by atoms with Gasteiger partial charge in [-0.25, -0.2) is 0 Å². The van der Waals surface area contributed by atoms with Crippen LogP contribution in [-0.4, -0.2) is 17.6 Å². The van der Waals surface area contributed by atoms with Crippen LogP contribution >= 0.6 is 0 Å². The number of aliphatic hydroxyl groups excluding tert-OH is 1. The zero-order valence-corrected chi connectivity index (χ0v) is 10.9. The first-order chi connectivity index (χ1) is 9.79. The fraction of sp³-hybridized carbons (Fsp3) is 0.118. The Morgan fingerprint density at radius 3 is 2.70 bits per heavy atom. The number of aliphatic hydroxyl groups is 1. The normalized spacial score (nSPS) is 17.1. The van der Waals surface area contributed by atoms with Crippen LogP contribution in [0, 0.1) is 0 Å². The van der Waals surface area contributed by atoms with E-state index in [1.165, 1.54) is 0 Å². The molecule has 0 aromatic heterocycles. The summed E-state index contributed by atoms with van der Waals surface area (Å²) in [6.07, 6.45) is 9.59. The van der Waals surface area contributed by atoms with E-state index in [-0.39, 0.29) is 18.6 Å². The molecule has 2 N–H and O–H groups in total. The molecular weight excluding hydrogens is 250 g/mol. The highest BCUT2D eigenvalue weighted by atomic mass is 16.3. The van der Waals surface area contributed by atoms with Gasteiger partial charge in [0.15, 0.2) is 0 Å². The lowest BCUT2D eigenvalue weighted by Gasteiger charge is -2.17. The SMILES string of the molecule is O=C(N[C@H](CO)c1ccccc1)C1=CC=C2C=CC=C21. The van der Waals surface area contributed by atoms with Crippen molar-refractivity contribution in [1.82, 2.24) is 5.32 Å². The van der Waals surface area contributed by atoms with Crippen LogP contribution in [0.25, 0.3) is 0 Å². The van der Waals surface area contributed by atoms with Crippen molar-refractivity contribution < 1.29 is 9.90 Å². The van der Waals surface area contributed by atoms with Crippen molar-refractivity contribution in [1.29, 1.82) is 0 Å². The van der Waals surface area contributed by atoms with Crippen LogP contribution in [0.3, 0.4) is 0 Å². The van der Waals surface area contributed by atoms with Crippen LogP contribution in [0.2, 0.25) is 0 Å². The van der Waals surface area contributed by atoms with Gasteiger partial charge in [-0.2, -0.15) is 0 Å². The summed E-state index contributed by atoms with van der Waals surface area (Å²) >= 11 is 0. The summed E-state index contributed by atoms with van der Waals surface area (Å²) in [5, 5.41) is 12.4. The zero-order chi connectivity index (χ0) is 13.9. The highest BCUT2D eigenvalue weighted by molar-refractivity contribution is 6.02. The second-order valence-electron chi connectivity index (χ2n) is 4.76. The Balaban J connectivity index is 1.73. The minimum absolute atomic E-state index is 0.124. The monoisotopic (exact) mass is 265 g/mol. The third-order valence-corrected chi connectivity index (χ3v) is 3.50. The minimum Gasteiger partial charge on any atom is -0.394 e. The Hall–Kier alpha value is -2.39. The van der Waals surface area contributed by atoms with Gasteiger partial charge < -0.3 is 10.4 Å². The molecule has 2 aliphatic carbocycles. The van der Waals surface area contributed by atoms with Gasteiger partial charge in [0, 0.05) is 5.57 Å². The van der Waals surface area contributed by atoms with Gasteiger partial charge in [-0.05, 0) is 22.8 Å². The fourth-order valence-corrected chi connectivity index (χ4v) is 2.44. The Morgan fingerprint density at radius 1 is 1.15 bits per heavy atom. The first kappa shape index (κ1) is 12.6. The quantitative estimate of drug-likeness (QED) is 0.876. The van der Waals surface area contributed by atoms with E-state index >= 15 is 0 Å². The molecule has 0 aliphatic heterocycles. The van der Waals surface area contributed by atoms with E-state index in [1.807, 2.05) is 60.7 Å². The summed E-state index contributed by atoms with van der Waals surface area (Å²) in [6.45, 7) is -0.124. The average Bonchev–Trinajstić information content (AvgIpc) is 3.08. The predicted octanol–water partition coefficient (Wildman–Crippen LogP) is 2.20. The number of allylic oxidation sites excluding steroid dienone is 6. The summed E-state index contributed by atoms with van der Waals surface area (Å²) in [5.74, 6) is -0.158. The molecule has 0 bridgehead atoms. The van der Waals surface area contributed by atoms with Crippen molar-refractivity contribution >= 4 is 5.91 Å². The van der Waals surface area contributed by atoms with Gasteiger partial charge in [-0.3, -0.25) is 4.79 Å². The van der Waals surface area contributed by atoms with Crippen LogP contribution in [0.15, 0.2) is 77.4 Å². The van der Waals surface area contributed by atoms with Crippen molar-refractivity contribution in [3.05, 3.63) is 83.0 Å². The Morgan fingerprint density at radius 2 is 1.95 bits per heavy atom. The highest BCUT2D eigenvalue weighted by Crippen LogP contribution is 2.31. The topological polar surface area (TPSA) is 49.3 Å². The molecule has 0 heterocycles. The maximum Gasteiger partial charge on any atom is 0.252 e. The number of hydrogen-bond donors (Lipinski definition) is 2. The summed E-state index contributed by atoms with van der Waals surface area (Å²) < 4.78 is 0. The van der Waals surface area contributed by atoms with Crippen molar-refractivity contribution in [3.63, 3.8) is 0 Å². The summed E-state index contributed by atoms with van der Waals surface area (Å²) in [6, 6.07) is 9.09. The standard InChI is InChI=1S/C17H15NO2/c19-11-16(13-5-2-1-3-6-13)18-17(20)15-10-9-12-7-4-8-14(12)15/h1-10,16,19H,11H2,(H,18,20)/t16-/m1/s1. The first-order valence-corrected chi connectivity index (χ1v) is 6.57. The molecule has 0 fully saturated rings. The molecule has 20 heavy (non-hydrogen) atoms. The van der Waals surface area contributed by atoms with Crippen LogP contribution in [-0.2, 0) is 4.79 Å². The number of fused-ring (bicyclic) bond motifs is 1. The number of carbonyl (C=O) groups is 1. The van der Waals surface area contributed by atoms with Gasteiger partial charge in [0.2, 0.25) is 0 Å². The molecule has 1 amide bonds. The Kier molecular flexibility index (Phi) is 3.35.